The fourth-order valence-electron chi connectivity index (χ4n) is 4.00. The Balaban J connectivity index is 1.79. The number of ether oxygens (including phenoxy) is 1. The molecule has 0 N–H and O–H groups in total. The van der Waals surface area contributed by atoms with Crippen LogP contribution in [0.2, 0.25) is 0 Å². The van der Waals surface area contributed by atoms with Crippen LogP contribution >= 0.6 is 0 Å². The minimum atomic E-state index is 0.201. The van der Waals surface area contributed by atoms with Crippen molar-refractivity contribution >= 4 is 0 Å². The van der Waals surface area contributed by atoms with Crippen molar-refractivity contribution in [1.82, 2.24) is 4.90 Å². The lowest BCUT2D eigenvalue weighted by Crippen LogP contribution is -2.39. The first-order valence-corrected chi connectivity index (χ1v) is 6.20. The van der Waals surface area contributed by atoms with Crippen LogP contribution in [0.25, 0.3) is 0 Å². The molecule has 3 fully saturated rings. The fourth-order valence-corrected chi connectivity index (χ4v) is 4.00. The molecule has 1 unspecified atom stereocenters. The lowest BCUT2D eigenvalue weighted by atomic mass is 10.0. The second-order valence-electron chi connectivity index (χ2n) is 5.15. The van der Waals surface area contributed by atoms with Gasteiger partial charge < -0.3 is 4.74 Å². The third-order valence-corrected chi connectivity index (χ3v) is 4.65. The summed E-state index contributed by atoms with van der Waals surface area (Å²) in [6.07, 6.45) is 8.44. The molecule has 0 radical (unpaired) electrons. The molecule has 0 aromatic rings. The second kappa shape index (κ2) is 3.21. The van der Waals surface area contributed by atoms with Gasteiger partial charge in [0.2, 0.25) is 0 Å². The Morgan fingerprint density at radius 1 is 1.00 bits per heavy atom. The molecular weight excluding hydrogens is 174 g/mol. The van der Waals surface area contributed by atoms with Gasteiger partial charge in [0, 0.05) is 32.0 Å². The molecule has 2 nitrogen and oxygen atoms in total. The van der Waals surface area contributed by atoms with Crippen LogP contribution in [-0.2, 0) is 4.74 Å². The number of likely N-dealkylation sites (tertiary alicyclic amines) is 1. The quantitative estimate of drug-likeness (QED) is 0.670. The van der Waals surface area contributed by atoms with E-state index < -0.39 is 0 Å². The zero-order valence-corrected chi connectivity index (χ0v) is 9.17. The van der Waals surface area contributed by atoms with Gasteiger partial charge >= 0.3 is 0 Å². The molecule has 0 bridgehead atoms. The largest absolute Gasteiger partial charge is 0.363 e. The number of methoxy groups -OCH3 is 1. The molecule has 0 amide bonds. The first kappa shape index (κ1) is 9.17. The molecule has 1 saturated heterocycles. The maximum Gasteiger partial charge on any atom is 0.127 e. The minimum Gasteiger partial charge on any atom is -0.363 e. The van der Waals surface area contributed by atoms with E-state index >= 15 is 0 Å². The van der Waals surface area contributed by atoms with Crippen molar-refractivity contribution in [3.63, 3.8) is 0 Å². The predicted molar refractivity (Wildman–Crippen MR) is 56.0 cm³/mol. The Morgan fingerprint density at radius 2 is 1.57 bits per heavy atom. The molecule has 0 aromatic heterocycles. The summed E-state index contributed by atoms with van der Waals surface area (Å²) in [6, 6.07) is 0. The Morgan fingerprint density at radius 3 is 2.07 bits per heavy atom. The third kappa shape index (κ3) is 1.04. The number of rotatable bonds is 2. The van der Waals surface area contributed by atoms with E-state index in [-0.39, 0.29) is 5.72 Å². The molecule has 2 saturated carbocycles. The molecule has 3 atom stereocenters. The lowest BCUT2D eigenvalue weighted by molar-refractivity contribution is -0.0667. The minimum absolute atomic E-state index is 0.201. The van der Waals surface area contributed by atoms with Gasteiger partial charge in [0.15, 0.2) is 0 Å². The van der Waals surface area contributed by atoms with Gasteiger partial charge in [-0.05, 0) is 25.7 Å². The Kier molecular flexibility index (Phi) is 2.10. The summed E-state index contributed by atoms with van der Waals surface area (Å²) in [4.78, 5) is 2.63. The molecule has 80 valence electrons. The summed E-state index contributed by atoms with van der Waals surface area (Å²) in [6.45, 7) is 2.56. The van der Waals surface area contributed by atoms with E-state index in [0.29, 0.717) is 0 Å². The van der Waals surface area contributed by atoms with Gasteiger partial charge in [-0.15, -0.1) is 0 Å². The molecule has 3 rings (SSSR count). The SMILES string of the molecule is COC1(N2CCCC2)[C@@H]2CCCC[C@@H]21. The summed E-state index contributed by atoms with van der Waals surface area (Å²) in [7, 11) is 1.93. The number of hydrogen-bond acceptors (Lipinski definition) is 2. The lowest BCUT2D eigenvalue weighted by Gasteiger charge is -2.28. The Hall–Kier alpha value is -0.0800. The molecule has 14 heavy (non-hydrogen) atoms. The molecule has 3 aliphatic rings. The standard InChI is InChI=1S/C12H21NO/c1-14-12(13-8-4-5-9-13)10-6-2-3-7-11(10)12/h10-11H,2-9H2,1H3/t10-,11+,12?. The number of nitrogens with zero attached hydrogens (tertiary/aromatic N) is 1. The van der Waals surface area contributed by atoms with E-state index in [2.05, 4.69) is 4.90 Å². The molecule has 2 heteroatoms. The maximum absolute atomic E-state index is 5.91. The molecule has 1 heterocycles. The van der Waals surface area contributed by atoms with Crippen molar-refractivity contribution in [1.29, 1.82) is 0 Å². The average Bonchev–Trinajstić information content (AvgIpc) is 2.62. The molecule has 0 aromatic carbocycles. The third-order valence-electron chi connectivity index (χ3n) is 4.65. The summed E-state index contributed by atoms with van der Waals surface area (Å²) in [5.74, 6) is 1.75. The van der Waals surface area contributed by atoms with Crippen molar-refractivity contribution in [3.05, 3.63) is 0 Å². The Labute approximate surface area is 86.6 Å². The van der Waals surface area contributed by atoms with Crippen LogP contribution in [0.5, 0.6) is 0 Å². The summed E-state index contributed by atoms with van der Waals surface area (Å²) < 4.78 is 5.91. The van der Waals surface area contributed by atoms with Gasteiger partial charge in [-0.1, -0.05) is 12.8 Å². The van der Waals surface area contributed by atoms with E-state index in [0.717, 1.165) is 11.8 Å². The number of hydrogen-bond donors (Lipinski definition) is 0. The van der Waals surface area contributed by atoms with Crippen LogP contribution < -0.4 is 0 Å². The summed E-state index contributed by atoms with van der Waals surface area (Å²) in [5.41, 5.74) is 0.201. The highest BCUT2D eigenvalue weighted by Crippen LogP contribution is 2.62. The van der Waals surface area contributed by atoms with Gasteiger partial charge in [-0.3, -0.25) is 4.90 Å². The monoisotopic (exact) mass is 195 g/mol. The summed E-state index contributed by atoms with van der Waals surface area (Å²) >= 11 is 0. The van der Waals surface area contributed by atoms with E-state index in [1.54, 1.807) is 0 Å². The van der Waals surface area contributed by atoms with Crippen LogP contribution in [-0.4, -0.2) is 30.8 Å². The van der Waals surface area contributed by atoms with Crippen LogP contribution in [0.3, 0.4) is 0 Å². The van der Waals surface area contributed by atoms with Gasteiger partial charge in [0.1, 0.15) is 5.72 Å². The maximum atomic E-state index is 5.91. The molecule has 2 aliphatic carbocycles. The average molecular weight is 195 g/mol. The van der Waals surface area contributed by atoms with Crippen molar-refractivity contribution in [2.24, 2.45) is 11.8 Å². The van der Waals surface area contributed by atoms with Crippen molar-refractivity contribution in [3.8, 4) is 0 Å². The van der Waals surface area contributed by atoms with E-state index in [1.165, 1.54) is 51.6 Å². The first-order chi connectivity index (χ1) is 6.89. The van der Waals surface area contributed by atoms with E-state index in [9.17, 15) is 0 Å². The second-order valence-corrected chi connectivity index (χ2v) is 5.15. The van der Waals surface area contributed by atoms with Crippen molar-refractivity contribution in [2.75, 3.05) is 20.2 Å². The highest BCUT2D eigenvalue weighted by molar-refractivity contribution is 5.14. The molecule has 1 aliphatic heterocycles. The van der Waals surface area contributed by atoms with Crippen molar-refractivity contribution in [2.45, 2.75) is 44.2 Å². The molecule has 0 spiro atoms. The highest BCUT2D eigenvalue weighted by atomic mass is 16.5. The van der Waals surface area contributed by atoms with Crippen LogP contribution in [0.1, 0.15) is 38.5 Å². The Bertz CT molecular complexity index is 210. The van der Waals surface area contributed by atoms with E-state index in [4.69, 9.17) is 4.74 Å². The summed E-state index contributed by atoms with van der Waals surface area (Å²) in [5, 5.41) is 0. The first-order valence-electron chi connectivity index (χ1n) is 6.20. The zero-order valence-electron chi connectivity index (χ0n) is 9.17. The predicted octanol–water partition coefficient (Wildman–Crippen LogP) is 2.24. The molecular formula is C12H21NO. The van der Waals surface area contributed by atoms with Gasteiger partial charge in [-0.25, -0.2) is 0 Å². The number of fused-ring (bicyclic) bond motifs is 1. The van der Waals surface area contributed by atoms with Crippen molar-refractivity contribution < 1.29 is 4.74 Å². The smallest absolute Gasteiger partial charge is 0.127 e. The van der Waals surface area contributed by atoms with Gasteiger partial charge in [0.25, 0.3) is 0 Å². The van der Waals surface area contributed by atoms with Gasteiger partial charge in [0.05, 0.1) is 0 Å². The van der Waals surface area contributed by atoms with Crippen LogP contribution in [0, 0.1) is 11.8 Å². The van der Waals surface area contributed by atoms with E-state index in [1.807, 2.05) is 7.11 Å². The normalized spacial score (nSPS) is 47.8. The van der Waals surface area contributed by atoms with Crippen LogP contribution in [0.15, 0.2) is 0 Å². The highest BCUT2D eigenvalue weighted by Gasteiger charge is 2.68. The van der Waals surface area contributed by atoms with Gasteiger partial charge in [-0.2, -0.15) is 0 Å². The van der Waals surface area contributed by atoms with Crippen LogP contribution in [0.4, 0.5) is 0 Å². The topological polar surface area (TPSA) is 12.5 Å². The zero-order chi connectivity index (χ0) is 9.60. The fraction of sp³-hybridized carbons (Fsp3) is 1.00.